The van der Waals surface area contributed by atoms with Crippen molar-refractivity contribution in [1.82, 2.24) is 5.32 Å². The van der Waals surface area contributed by atoms with E-state index in [4.69, 9.17) is 5.11 Å². The van der Waals surface area contributed by atoms with Crippen molar-refractivity contribution >= 4 is 5.91 Å². The van der Waals surface area contributed by atoms with Gasteiger partial charge in [0.1, 0.15) is 0 Å². The number of nitrogens with zero attached hydrogens (tertiary/aromatic N) is 1. The summed E-state index contributed by atoms with van der Waals surface area (Å²) in [4.78, 5) is 10.1. The van der Waals surface area contributed by atoms with Gasteiger partial charge < -0.3 is 5.11 Å². The van der Waals surface area contributed by atoms with Gasteiger partial charge in [0.05, 0.1) is 12.6 Å². The van der Waals surface area contributed by atoms with Crippen molar-refractivity contribution in [2.75, 3.05) is 6.54 Å². The number of aliphatic hydroxyl groups excluding tert-OH is 1. The second-order valence-corrected chi connectivity index (χ2v) is 1.71. The van der Waals surface area contributed by atoms with Gasteiger partial charge in [-0.15, -0.1) is 0 Å². The van der Waals surface area contributed by atoms with Crippen LogP contribution in [0.1, 0.15) is 13.8 Å². The number of carbonyl (C=O) groups is 1. The summed E-state index contributed by atoms with van der Waals surface area (Å²) in [6.07, 6.45) is -0.501. The van der Waals surface area contributed by atoms with Crippen molar-refractivity contribution < 1.29 is 9.90 Å². The van der Waals surface area contributed by atoms with E-state index in [1.165, 1.54) is 6.92 Å². The van der Waals surface area contributed by atoms with E-state index in [1.54, 1.807) is 6.92 Å². The highest BCUT2D eigenvalue weighted by Gasteiger charge is 1.96. The Hall–Kier alpha value is -0.570. The van der Waals surface area contributed by atoms with Crippen LogP contribution in [-0.2, 0) is 4.79 Å². The minimum atomic E-state index is -0.501. The predicted octanol–water partition coefficient (Wildman–Crippen LogP) is -0.482. The van der Waals surface area contributed by atoms with Gasteiger partial charge in [-0.05, 0) is 6.92 Å². The number of hydrogen-bond acceptors (Lipinski definition) is 2. The highest BCUT2D eigenvalue weighted by molar-refractivity contribution is 5.72. The zero-order chi connectivity index (χ0) is 6.57. The van der Waals surface area contributed by atoms with Gasteiger partial charge >= 0.3 is 0 Å². The molecule has 0 aromatic rings. The minimum Gasteiger partial charge on any atom is -0.391 e. The van der Waals surface area contributed by atoms with Gasteiger partial charge in [-0.1, -0.05) is 0 Å². The van der Waals surface area contributed by atoms with Gasteiger partial charge in [0, 0.05) is 6.92 Å². The summed E-state index contributed by atoms with van der Waals surface area (Å²) in [5.41, 5.74) is 0. The van der Waals surface area contributed by atoms with Crippen molar-refractivity contribution in [3.63, 3.8) is 0 Å². The third-order valence-corrected chi connectivity index (χ3v) is 0.578. The molecule has 3 heteroatoms. The molecule has 3 nitrogen and oxygen atoms in total. The van der Waals surface area contributed by atoms with Gasteiger partial charge in [-0.2, -0.15) is 0 Å². The monoisotopic (exact) mass is 116 g/mol. The van der Waals surface area contributed by atoms with Gasteiger partial charge in [0.25, 0.3) is 0 Å². The Labute approximate surface area is 48.7 Å². The van der Waals surface area contributed by atoms with E-state index in [0.29, 0.717) is 0 Å². The molecule has 0 spiro atoms. The second-order valence-electron chi connectivity index (χ2n) is 1.71. The lowest BCUT2D eigenvalue weighted by atomic mass is 10.4. The maximum atomic E-state index is 10.1. The fourth-order valence-corrected chi connectivity index (χ4v) is 0.261. The summed E-state index contributed by atoms with van der Waals surface area (Å²) in [5.74, 6) is -0.231. The van der Waals surface area contributed by atoms with Gasteiger partial charge in [0.2, 0.25) is 5.91 Å². The molecule has 0 saturated carbocycles. The zero-order valence-electron chi connectivity index (χ0n) is 5.09. The molecular formula is C5H10NO2. The molecule has 47 valence electrons. The van der Waals surface area contributed by atoms with Crippen LogP contribution in [-0.4, -0.2) is 23.7 Å². The lowest BCUT2D eigenvalue weighted by Gasteiger charge is -1.98. The number of rotatable bonds is 2. The molecule has 0 bridgehead atoms. The standard InChI is InChI=1S/C5H10NO2/c1-4(7)3-6-5(2)8/h4,7H,3H2,1-2H3. The molecule has 0 heterocycles. The normalized spacial score (nSPS) is 12.9. The zero-order valence-corrected chi connectivity index (χ0v) is 5.09. The Morgan fingerprint density at radius 1 is 1.88 bits per heavy atom. The minimum absolute atomic E-state index is 0.218. The molecule has 0 aliphatic heterocycles. The molecule has 8 heavy (non-hydrogen) atoms. The van der Waals surface area contributed by atoms with Crippen molar-refractivity contribution in [1.29, 1.82) is 0 Å². The molecule has 0 fully saturated rings. The molecular weight excluding hydrogens is 106 g/mol. The fraction of sp³-hybridized carbons (Fsp3) is 0.800. The van der Waals surface area contributed by atoms with Crippen LogP contribution in [0.2, 0.25) is 0 Å². The summed E-state index contributed by atoms with van der Waals surface area (Å²) in [6.45, 7) is 3.17. The van der Waals surface area contributed by atoms with Crippen molar-refractivity contribution in [2.45, 2.75) is 20.0 Å². The first-order valence-corrected chi connectivity index (χ1v) is 2.49. The van der Waals surface area contributed by atoms with E-state index < -0.39 is 6.10 Å². The van der Waals surface area contributed by atoms with Crippen LogP contribution in [0.5, 0.6) is 0 Å². The number of hydrogen-bond donors (Lipinski definition) is 1. The summed E-state index contributed by atoms with van der Waals surface area (Å²) in [6, 6.07) is 0. The number of aliphatic hydroxyl groups is 1. The summed E-state index contributed by atoms with van der Waals surface area (Å²) < 4.78 is 0. The Kier molecular flexibility index (Phi) is 3.19. The molecule has 1 amide bonds. The number of amides is 1. The molecule has 0 rings (SSSR count). The third-order valence-electron chi connectivity index (χ3n) is 0.578. The first kappa shape index (κ1) is 7.43. The molecule has 0 aromatic heterocycles. The van der Waals surface area contributed by atoms with Crippen molar-refractivity contribution in [2.24, 2.45) is 0 Å². The van der Waals surface area contributed by atoms with Gasteiger partial charge in [-0.25, -0.2) is 5.32 Å². The van der Waals surface area contributed by atoms with E-state index in [9.17, 15) is 4.79 Å². The largest absolute Gasteiger partial charge is 0.391 e. The van der Waals surface area contributed by atoms with Crippen molar-refractivity contribution in [3.8, 4) is 0 Å². The van der Waals surface area contributed by atoms with Gasteiger partial charge in [-0.3, -0.25) is 4.79 Å². The van der Waals surface area contributed by atoms with E-state index in [1.807, 2.05) is 0 Å². The SMILES string of the molecule is CC(=O)[N]CC(C)O. The van der Waals surface area contributed by atoms with Crippen LogP contribution in [0.15, 0.2) is 0 Å². The summed E-state index contributed by atoms with van der Waals surface area (Å²) >= 11 is 0. The Balaban J connectivity index is 3.05. The number of carbonyl (C=O) groups excluding carboxylic acids is 1. The quantitative estimate of drug-likeness (QED) is 0.529. The molecule has 0 aliphatic rings. The van der Waals surface area contributed by atoms with Crippen LogP contribution in [0.25, 0.3) is 0 Å². The predicted molar refractivity (Wildman–Crippen MR) is 29.4 cm³/mol. The highest BCUT2D eigenvalue weighted by Crippen LogP contribution is 1.75. The Bertz CT molecular complexity index is 80.5. The molecule has 1 radical (unpaired) electrons. The van der Waals surface area contributed by atoms with E-state index in [-0.39, 0.29) is 12.5 Å². The topological polar surface area (TPSA) is 51.4 Å². The summed E-state index contributed by atoms with van der Waals surface area (Å²) in [7, 11) is 0. The first-order chi connectivity index (χ1) is 3.63. The third kappa shape index (κ3) is 5.43. The van der Waals surface area contributed by atoms with Crippen LogP contribution >= 0.6 is 0 Å². The molecule has 1 atom stereocenters. The van der Waals surface area contributed by atoms with Gasteiger partial charge in [0.15, 0.2) is 0 Å². The molecule has 0 aliphatic carbocycles. The Morgan fingerprint density at radius 3 is 2.50 bits per heavy atom. The molecule has 0 aromatic carbocycles. The van der Waals surface area contributed by atoms with Crippen LogP contribution in [0.3, 0.4) is 0 Å². The molecule has 1 unspecified atom stereocenters. The average Bonchev–Trinajstić information content (AvgIpc) is 1.61. The molecule has 0 saturated heterocycles. The Morgan fingerprint density at radius 2 is 2.38 bits per heavy atom. The van der Waals surface area contributed by atoms with Crippen LogP contribution in [0.4, 0.5) is 0 Å². The maximum absolute atomic E-state index is 10.1. The average molecular weight is 116 g/mol. The van der Waals surface area contributed by atoms with Crippen LogP contribution in [0, 0.1) is 0 Å². The summed E-state index contributed by atoms with van der Waals surface area (Å²) in [5, 5.41) is 12.0. The lowest BCUT2D eigenvalue weighted by Crippen LogP contribution is -2.21. The van der Waals surface area contributed by atoms with E-state index in [2.05, 4.69) is 5.32 Å². The smallest absolute Gasteiger partial charge is 0.238 e. The van der Waals surface area contributed by atoms with Crippen molar-refractivity contribution in [3.05, 3.63) is 0 Å². The highest BCUT2D eigenvalue weighted by atomic mass is 16.3. The first-order valence-electron chi connectivity index (χ1n) is 2.49. The fourth-order valence-electron chi connectivity index (χ4n) is 0.261. The second kappa shape index (κ2) is 3.43. The maximum Gasteiger partial charge on any atom is 0.238 e. The lowest BCUT2D eigenvalue weighted by molar-refractivity contribution is -0.119. The van der Waals surface area contributed by atoms with E-state index in [0.717, 1.165) is 0 Å². The van der Waals surface area contributed by atoms with Crippen LogP contribution < -0.4 is 5.32 Å². The van der Waals surface area contributed by atoms with E-state index >= 15 is 0 Å². The molecule has 1 N–H and O–H groups in total.